The van der Waals surface area contributed by atoms with Crippen LogP contribution in [0.3, 0.4) is 0 Å². The number of fused-ring (bicyclic) bond motifs is 1. The van der Waals surface area contributed by atoms with Gasteiger partial charge in [0, 0.05) is 13.5 Å². The molecule has 0 spiro atoms. The van der Waals surface area contributed by atoms with Gasteiger partial charge in [-0.1, -0.05) is 6.07 Å². The zero-order valence-corrected chi connectivity index (χ0v) is 13.7. The van der Waals surface area contributed by atoms with E-state index >= 15 is 0 Å². The molecule has 1 aliphatic heterocycles. The number of hydrogen-bond acceptors (Lipinski definition) is 3. The molecule has 0 saturated carbocycles. The standard InChI is InChI=1S/C18H19FN2O3/c1-11-5-7-15(19)17-14(11)4-3-9-21(17)18(23)16-8-6-13(24-16)10-20-12(2)22/h5-8H,3-4,9-10H2,1-2H3,(H,20,22). The van der Waals surface area contributed by atoms with Crippen molar-refractivity contribution in [2.75, 3.05) is 11.4 Å². The number of rotatable bonds is 3. The quantitative estimate of drug-likeness (QED) is 0.941. The van der Waals surface area contributed by atoms with Crippen LogP contribution in [0, 0.1) is 12.7 Å². The summed E-state index contributed by atoms with van der Waals surface area (Å²) in [6.45, 7) is 4.00. The van der Waals surface area contributed by atoms with Gasteiger partial charge in [0.2, 0.25) is 5.91 Å². The fraction of sp³-hybridized carbons (Fsp3) is 0.333. The Morgan fingerprint density at radius 3 is 2.83 bits per heavy atom. The van der Waals surface area contributed by atoms with Crippen molar-refractivity contribution in [3.8, 4) is 0 Å². The Labute approximate surface area is 139 Å². The fourth-order valence-electron chi connectivity index (χ4n) is 2.98. The number of benzene rings is 1. The summed E-state index contributed by atoms with van der Waals surface area (Å²) in [6.07, 6.45) is 1.54. The third kappa shape index (κ3) is 3.04. The minimum Gasteiger partial charge on any atom is -0.454 e. The first kappa shape index (κ1) is 16.2. The van der Waals surface area contributed by atoms with Crippen molar-refractivity contribution in [1.29, 1.82) is 0 Å². The highest BCUT2D eigenvalue weighted by Gasteiger charge is 2.29. The van der Waals surface area contributed by atoms with E-state index in [0.29, 0.717) is 18.0 Å². The van der Waals surface area contributed by atoms with Crippen molar-refractivity contribution in [2.45, 2.75) is 33.2 Å². The first-order chi connectivity index (χ1) is 11.5. The molecule has 5 nitrogen and oxygen atoms in total. The highest BCUT2D eigenvalue weighted by Crippen LogP contribution is 2.33. The van der Waals surface area contributed by atoms with Gasteiger partial charge in [0.05, 0.1) is 12.2 Å². The number of aryl methyl sites for hydroxylation is 1. The summed E-state index contributed by atoms with van der Waals surface area (Å²) in [7, 11) is 0. The van der Waals surface area contributed by atoms with E-state index in [1.165, 1.54) is 17.9 Å². The average molecular weight is 330 g/mol. The van der Waals surface area contributed by atoms with Crippen LogP contribution in [0.25, 0.3) is 0 Å². The molecule has 2 amide bonds. The Bertz CT molecular complexity index is 798. The van der Waals surface area contributed by atoms with Crippen LogP contribution in [-0.4, -0.2) is 18.4 Å². The van der Waals surface area contributed by atoms with Crippen molar-refractivity contribution in [2.24, 2.45) is 0 Å². The molecule has 1 aliphatic rings. The first-order valence-electron chi connectivity index (χ1n) is 7.90. The average Bonchev–Trinajstić information content (AvgIpc) is 3.04. The fourth-order valence-corrected chi connectivity index (χ4v) is 2.98. The number of anilines is 1. The SMILES string of the molecule is CC(=O)NCc1ccc(C(=O)N2CCCc3c(C)ccc(F)c32)o1. The first-order valence-corrected chi connectivity index (χ1v) is 7.90. The van der Waals surface area contributed by atoms with Crippen molar-refractivity contribution in [3.63, 3.8) is 0 Å². The van der Waals surface area contributed by atoms with Crippen LogP contribution in [0.1, 0.15) is 40.8 Å². The highest BCUT2D eigenvalue weighted by atomic mass is 19.1. The predicted octanol–water partition coefficient (Wildman–Crippen LogP) is 2.96. The number of nitrogens with one attached hydrogen (secondary N) is 1. The van der Waals surface area contributed by atoms with Gasteiger partial charge in [0.25, 0.3) is 5.91 Å². The summed E-state index contributed by atoms with van der Waals surface area (Å²) in [5, 5.41) is 2.61. The number of carbonyl (C=O) groups excluding carboxylic acids is 2. The molecule has 3 rings (SSSR count). The summed E-state index contributed by atoms with van der Waals surface area (Å²) in [5.74, 6) is -0.315. The molecule has 0 atom stereocenters. The molecule has 1 aromatic heterocycles. The van der Waals surface area contributed by atoms with Gasteiger partial charge >= 0.3 is 0 Å². The summed E-state index contributed by atoms with van der Waals surface area (Å²) in [4.78, 5) is 25.1. The largest absolute Gasteiger partial charge is 0.454 e. The lowest BCUT2D eigenvalue weighted by molar-refractivity contribution is -0.119. The number of halogens is 1. The molecule has 1 aromatic carbocycles. The van der Waals surface area contributed by atoms with Crippen LogP contribution >= 0.6 is 0 Å². The van der Waals surface area contributed by atoms with Crippen molar-refractivity contribution in [3.05, 3.63) is 52.7 Å². The van der Waals surface area contributed by atoms with Crippen LogP contribution in [-0.2, 0) is 17.8 Å². The van der Waals surface area contributed by atoms with Gasteiger partial charge in [-0.25, -0.2) is 4.39 Å². The highest BCUT2D eigenvalue weighted by molar-refractivity contribution is 6.05. The normalized spacial score (nSPS) is 13.5. The molecule has 0 bridgehead atoms. The third-order valence-corrected chi connectivity index (χ3v) is 4.18. The molecule has 24 heavy (non-hydrogen) atoms. The molecule has 0 aliphatic carbocycles. The van der Waals surface area contributed by atoms with Crippen molar-refractivity contribution < 1.29 is 18.4 Å². The van der Waals surface area contributed by atoms with Gasteiger partial charge in [0.1, 0.15) is 11.6 Å². The Balaban J connectivity index is 1.87. The molecule has 0 unspecified atom stereocenters. The van der Waals surface area contributed by atoms with Crippen molar-refractivity contribution in [1.82, 2.24) is 5.32 Å². The number of nitrogens with zero attached hydrogens (tertiary/aromatic N) is 1. The molecule has 2 aromatic rings. The molecular weight excluding hydrogens is 311 g/mol. The van der Waals surface area contributed by atoms with E-state index < -0.39 is 5.82 Å². The molecule has 2 heterocycles. The number of hydrogen-bond donors (Lipinski definition) is 1. The van der Waals surface area contributed by atoms with Gasteiger partial charge in [-0.2, -0.15) is 0 Å². The van der Waals surface area contributed by atoms with E-state index in [2.05, 4.69) is 5.32 Å². The van der Waals surface area contributed by atoms with Crippen LogP contribution < -0.4 is 10.2 Å². The molecular formula is C18H19FN2O3. The molecule has 0 radical (unpaired) electrons. The summed E-state index contributed by atoms with van der Waals surface area (Å²) in [6, 6.07) is 6.33. The number of furan rings is 1. The predicted molar refractivity (Wildman–Crippen MR) is 87.4 cm³/mol. The zero-order chi connectivity index (χ0) is 17.3. The topological polar surface area (TPSA) is 62.6 Å². The lowest BCUT2D eigenvalue weighted by Gasteiger charge is -2.30. The number of amides is 2. The monoisotopic (exact) mass is 330 g/mol. The summed E-state index contributed by atoms with van der Waals surface area (Å²) in [5.41, 5.74) is 2.21. The van der Waals surface area contributed by atoms with E-state index in [0.717, 1.165) is 24.0 Å². The smallest absolute Gasteiger partial charge is 0.294 e. The van der Waals surface area contributed by atoms with Crippen LogP contribution in [0.15, 0.2) is 28.7 Å². The number of carbonyl (C=O) groups is 2. The zero-order valence-electron chi connectivity index (χ0n) is 13.7. The van der Waals surface area contributed by atoms with E-state index in [9.17, 15) is 14.0 Å². The molecule has 0 fully saturated rings. The molecule has 6 heteroatoms. The van der Waals surface area contributed by atoms with Gasteiger partial charge < -0.3 is 14.6 Å². The molecule has 126 valence electrons. The van der Waals surface area contributed by atoms with Gasteiger partial charge in [-0.3, -0.25) is 9.59 Å². The second-order valence-corrected chi connectivity index (χ2v) is 5.93. The maximum Gasteiger partial charge on any atom is 0.294 e. The minimum absolute atomic E-state index is 0.143. The maximum absolute atomic E-state index is 14.3. The van der Waals surface area contributed by atoms with Gasteiger partial charge in [0.15, 0.2) is 5.76 Å². The summed E-state index contributed by atoms with van der Waals surface area (Å²) < 4.78 is 19.8. The third-order valence-electron chi connectivity index (χ3n) is 4.18. The van der Waals surface area contributed by atoms with Crippen molar-refractivity contribution >= 4 is 17.5 Å². The van der Waals surface area contributed by atoms with Crippen LogP contribution in [0.2, 0.25) is 0 Å². The second-order valence-electron chi connectivity index (χ2n) is 5.93. The summed E-state index contributed by atoms with van der Waals surface area (Å²) >= 11 is 0. The second kappa shape index (κ2) is 6.47. The Morgan fingerprint density at radius 1 is 1.29 bits per heavy atom. The Morgan fingerprint density at radius 2 is 2.08 bits per heavy atom. The lowest BCUT2D eigenvalue weighted by Crippen LogP contribution is -2.36. The van der Waals surface area contributed by atoms with E-state index in [1.54, 1.807) is 18.2 Å². The van der Waals surface area contributed by atoms with Crippen LogP contribution in [0.4, 0.5) is 10.1 Å². The van der Waals surface area contributed by atoms with E-state index in [1.807, 2.05) is 6.92 Å². The maximum atomic E-state index is 14.3. The molecule has 1 N–H and O–H groups in total. The Kier molecular flexibility index (Phi) is 4.38. The van der Waals surface area contributed by atoms with Crippen LogP contribution in [0.5, 0.6) is 0 Å². The van der Waals surface area contributed by atoms with Gasteiger partial charge in [-0.05, 0) is 49.1 Å². The molecule has 0 saturated heterocycles. The van der Waals surface area contributed by atoms with E-state index in [-0.39, 0.29) is 24.1 Å². The lowest BCUT2D eigenvalue weighted by atomic mass is 9.96. The van der Waals surface area contributed by atoms with Gasteiger partial charge in [-0.15, -0.1) is 0 Å². The Hall–Kier alpha value is -2.63. The minimum atomic E-state index is -0.395. The van der Waals surface area contributed by atoms with E-state index in [4.69, 9.17) is 4.42 Å².